The summed E-state index contributed by atoms with van der Waals surface area (Å²) in [4.78, 5) is 39.8. The molecule has 170 valence electrons. The Bertz CT molecular complexity index is 1160. The zero-order chi connectivity index (χ0) is 23.2. The average Bonchev–Trinajstić information content (AvgIpc) is 2.91. The fourth-order valence-electron chi connectivity index (χ4n) is 4.58. The average molecular weight is 445 g/mol. The number of carbonyl (C=O) groups excluding carboxylic acids is 2. The van der Waals surface area contributed by atoms with Crippen LogP contribution in [0.2, 0.25) is 0 Å². The minimum Gasteiger partial charge on any atom is -0.503 e. The summed E-state index contributed by atoms with van der Waals surface area (Å²) in [5.41, 5.74) is -2.46. The van der Waals surface area contributed by atoms with Crippen molar-refractivity contribution in [1.82, 2.24) is 14.8 Å². The van der Waals surface area contributed by atoms with E-state index in [9.17, 15) is 23.9 Å². The molecule has 1 aromatic carbocycles. The third kappa shape index (κ3) is 3.55. The van der Waals surface area contributed by atoms with Crippen LogP contribution in [0.5, 0.6) is 5.75 Å². The number of nitrogens with zero attached hydrogens (tertiary/aromatic N) is 2. The van der Waals surface area contributed by atoms with Crippen LogP contribution < -0.4 is 10.7 Å². The maximum Gasteiger partial charge on any atom is 0.274 e. The summed E-state index contributed by atoms with van der Waals surface area (Å²) in [5, 5.41) is 13.0. The molecule has 1 saturated heterocycles. The molecule has 2 unspecified atom stereocenters. The Kier molecular flexibility index (Phi) is 5.52. The molecule has 2 N–H and O–H groups in total. The van der Waals surface area contributed by atoms with E-state index in [0.717, 1.165) is 11.8 Å². The van der Waals surface area contributed by atoms with Gasteiger partial charge in [0.2, 0.25) is 5.43 Å². The number of pyridine rings is 1. The van der Waals surface area contributed by atoms with Crippen LogP contribution in [0.4, 0.5) is 8.78 Å². The monoisotopic (exact) mass is 445 g/mol. The first-order chi connectivity index (χ1) is 15.2. The van der Waals surface area contributed by atoms with Gasteiger partial charge in [0.1, 0.15) is 17.0 Å². The predicted octanol–water partition coefficient (Wildman–Crippen LogP) is 2.84. The maximum atomic E-state index is 15.8. The van der Waals surface area contributed by atoms with E-state index in [1.807, 2.05) is 0 Å². The molecule has 2 aromatic rings. The zero-order valence-electron chi connectivity index (χ0n) is 18.0. The Morgan fingerprint density at radius 2 is 2.09 bits per heavy atom. The van der Waals surface area contributed by atoms with E-state index in [1.54, 1.807) is 19.9 Å². The lowest BCUT2D eigenvalue weighted by Gasteiger charge is -2.40. The van der Waals surface area contributed by atoms with Crippen molar-refractivity contribution >= 4 is 11.8 Å². The number of carbonyl (C=O) groups is 2. The van der Waals surface area contributed by atoms with E-state index in [2.05, 4.69) is 5.32 Å². The summed E-state index contributed by atoms with van der Waals surface area (Å²) >= 11 is 0. The second-order valence-corrected chi connectivity index (χ2v) is 8.51. The number of aryl methyl sites for hydroxylation is 1. The topological polar surface area (TPSA) is 91.6 Å². The molecule has 7 nitrogen and oxygen atoms in total. The molecule has 0 radical (unpaired) electrons. The van der Waals surface area contributed by atoms with Crippen LogP contribution in [0.1, 0.15) is 64.2 Å². The number of aromatic nitrogens is 1. The number of alkyl halides is 1. The van der Waals surface area contributed by atoms with E-state index >= 15 is 4.39 Å². The molecule has 0 spiro atoms. The summed E-state index contributed by atoms with van der Waals surface area (Å²) in [5.74, 6) is -2.78. The highest BCUT2D eigenvalue weighted by atomic mass is 19.1. The first kappa shape index (κ1) is 22.0. The van der Waals surface area contributed by atoms with Gasteiger partial charge in [-0.15, -0.1) is 0 Å². The number of rotatable bonds is 4. The normalized spacial score (nSPS) is 22.3. The summed E-state index contributed by atoms with van der Waals surface area (Å²) in [6.07, 6.45) is 2.01. The minimum atomic E-state index is -1.66. The van der Waals surface area contributed by atoms with Crippen LogP contribution in [0.15, 0.2) is 29.2 Å². The van der Waals surface area contributed by atoms with E-state index in [-0.39, 0.29) is 37.2 Å². The minimum absolute atomic E-state index is 0.0914. The number of aromatic hydroxyl groups is 1. The first-order valence-corrected chi connectivity index (χ1v) is 10.7. The Morgan fingerprint density at radius 3 is 2.78 bits per heavy atom. The first-order valence-electron chi connectivity index (χ1n) is 10.7. The molecule has 32 heavy (non-hydrogen) atoms. The molecule has 0 saturated carbocycles. The van der Waals surface area contributed by atoms with Gasteiger partial charge in [-0.1, -0.05) is 19.1 Å². The van der Waals surface area contributed by atoms with E-state index < -0.39 is 46.1 Å². The predicted molar refractivity (Wildman–Crippen MR) is 113 cm³/mol. The molecular formula is C23H25F2N3O4. The van der Waals surface area contributed by atoms with Crippen LogP contribution in [-0.4, -0.2) is 45.1 Å². The fraction of sp³-hybridized carbons (Fsp3) is 0.435. The number of hydrogen-bond acceptors (Lipinski definition) is 4. The maximum absolute atomic E-state index is 15.8. The number of nitrogens with one attached hydrogen (secondary N) is 1. The van der Waals surface area contributed by atoms with Gasteiger partial charge >= 0.3 is 0 Å². The Hall–Kier alpha value is -3.23. The van der Waals surface area contributed by atoms with Crippen molar-refractivity contribution in [1.29, 1.82) is 0 Å². The summed E-state index contributed by atoms with van der Waals surface area (Å²) in [6.45, 7) is 3.69. The van der Waals surface area contributed by atoms with Crippen LogP contribution in [0.25, 0.3) is 0 Å². The Labute approximate surface area is 183 Å². The Morgan fingerprint density at radius 1 is 1.34 bits per heavy atom. The van der Waals surface area contributed by atoms with Gasteiger partial charge in [0.25, 0.3) is 11.8 Å². The molecule has 4 rings (SSSR count). The molecule has 2 aliphatic rings. The van der Waals surface area contributed by atoms with E-state index in [1.165, 1.54) is 21.6 Å². The molecule has 3 heterocycles. The van der Waals surface area contributed by atoms with Gasteiger partial charge in [-0.05, 0) is 37.8 Å². The number of hydrogen-bond donors (Lipinski definition) is 2. The smallest absolute Gasteiger partial charge is 0.274 e. The highest BCUT2D eigenvalue weighted by molar-refractivity contribution is 5.99. The Balaban J connectivity index is 1.73. The summed E-state index contributed by atoms with van der Waals surface area (Å²) < 4.78 is 31.1. The highest BCUT2D eigenvalue weighted by Gasteiger charge is 2.47. The quantitative estimate of drug-likeness (QED) is 0.757. The SMILES string of the molecule is CCC1(F)CCCN2CC1n1cc(C(=O)NCc3ccc(C)cc3F)c(=O)c(O)c1C2=O. The molecule has 1 aromatic heterocycles. The van der Waals surface area contributed by atoms with Gasteiger partial charge in [-0.3, -0.25) is 14.4 Å². The lowest BCUT2D eigenvalue weighted by Crippen LogP contribution is -2.49. The third-order valence-corrected chi connectivity index (χ3v) is 6.53. The van der Waals surface area contributed by atoms with Gasteiger partial charge in [0, 0.05) is 31.4 Å². The highest BCUT2D eigenvalue weighted by Crippen LogP contribution is 2.42. The summed E-state index contributed by atoms with van der Waals surface area (Å²) in [7, 11) is 0. The van der Waals surface area contributed by atoms with E-state index in [4.69, 9.17) is 0 Å². The van der Waals surface area contributed by atoms with Crippen LogP contribution in [0, 0.1) is 12.7 Å². The van der Waals surface area contributed by atoms with Crippen LogP contribution >= 0.6 is 0 Å². The zero-order valence-corrected chi connectivity index (χ0v) is 18.0. The number of fused-ring (bicyclic) bond motifs is 4. The molecular weight excluding hydrogens is 420 g/mol. The third-order valence-electron chi connectivity index (χ3n) is 6.53. The standard InChI is InChI=1S/C23H25F2N3O4/c1-3-23(25)7-4-8-27-12-17(23)28-11-15(19(29)20(30)18(28)22(27)32)21(31)26-10-14-6-5-13(2)9-16(14)24/h5-6,9,11,17,30H,3-4,7-8,10,12H2,1-2H3,(H,26,31). The van der Waals surface area contributed by atoms with Crippen molar-refractivity contribution in [3.63, 3.8) is 0 Å². The molecule has 9 heteroatoms. The van der Waals surface area contributed by atoms with Crippen molar-refractivity contribution < 1.29 is 23.5 Å². The van der Waals surface area contributed by atoms with Gasteiger partial charge in [-0.2, -0.15) is 0 Å². The molecule has 2 atom stereocenters. The van der Waals surface area contributed by atoms with Gasteiger partial charge < -0.3 is 19.9 Å². The second kappa shape index (κ2) is 8.03. The largest absolute Gasteiger partial charge is 0.503 e. The van der Waals surface area contributed by atoms with Crippen molar-refractivity contribution in [2.75, 3.05) is 13.1 Å². The lowest BCUT2D eigenvalue weighted by atomic mass is 9.88. The summed E-state index contributed by atoms with van der Waals surface area (Å²) in [6, 6.07) is 3.71. The van der Waals surface area contributed by atoms with Crippen molar-refractivity contribution in [3.05, 3.63) is 62.8 Å². The van der Waals surface area contributed by atoms with Gasteiger partial charge in [-0.25, -0.2) is 8.78 Å². The van der Waals surface area contributed by atoms with Crippen molar-refractivity contribution in [2.45, 2.75) is 51.4 Å². The molecule has 1 fully saturated rings. The number of benzene rings is 1. The second-order valence-electron chi connectivity index (χ2n) is 8.51. The van der Waals surface area contributed by atoms with Crippen molar-refractivity contribution in [2.24, 2.45) is 0 Å². The van der Waals surface area contributed by atoms with Crippen LogP contribution in [0.3, 0.4) is 0 Å². The van der Waals surface area contributed by atoms with E-state index in [0.29, 0.717) is 13.0 Å². The van der Waals surface area contributed by atoms with Crippen LogP contribution in [-0.2, 0) is 6.54 Å². The lowest BCUT2D eigenvalue weighted by molar-refractivity contribution is 0.0431. The molecule has 0 aliphatic carbocycles. The molecule has 2 bridgehead atoms. The van der Waals surface area contributed by atoms with Gasteiger partial charge in [0.15, 0.2) is 11.4 Å². The number of amides is 2. The molecule has 2 amide bonds. The van der Waals surface area contributed by atoms with Gasteiger partial charge in [0.05, 0.1) is 6.04 Å². The van der Waals surface area contributed by atoms with Crippen molar-refractivity contribution in [3.8, 4) is 5.75 Å². The number of halogens is 2. The molecule has 2 aliphatic heterocycles. The fourth-order valence-corrected chi connectivity index (χ4v) is 4.58.